The maximum Gasteiger partial charge on any atom is 0.313 e. The molecule has 0 spiro atoms. The Bertz CT molecular complexity index is 405. The second-order valence-corrected chi connectivity index (χ2v) is 3.91. The van der Waals surface area contributed by atoms with Crippen molar-refractivity contribution in [1.82, 2.24) is 0 Å². The minimum atomic E-state index is -0.905. The van der Waals surface area contributed by atoms with Crippen LogP contribution in [0.15, 0.2) is 23.1 Å². The van der Waals surface area contributed by atoms with Crippen LogP contribution in [-0.2, 0) is 4.79 Å². The molecular weight excluding hydrogens is 218 g/mol. The summed E-state index contributed by atoms with van der Waals surface area (Å²) in [6.07, 6.45) is 0. The lowest BCUT2D eigenvalue weighted by atomic mass is 10.2. The average molecular weight is 227 g/mol. The average Bonchev–Trinajstić information content (AvgIpc) is 2.15. The molecule has 0 atom stereocenters. The van der Waals surface area contributed by atoms with E-state index in [1.807, 2.05) is 0 Å². The van der Waals surface area contributed by atoms with Crippen molar-refractivity contribution < 1.29 is 14.8 Å². The summed E-state index contributed by atoms with van der Waals surface area (Å²) in [6, 6.07) is 4.38. The first-order valence-electron chi connectivity index (χ1n) is 4.10. The van der Waals surface area contributed by atoms with Crippen LogP contribution in [0.25, 0.3) is 0 Å². The minimum Gasteiger partial charge on any atom is -0.481 e. The summed E-state index contributed by atoms with van der Waals surface area (Å²) in [5, 5.41) is 18.9. The molecule has 0 aliphatic heterocycles. The van der Waals surface area contributed by atoms with Crippen molar-refractivity contribution in [2.24, 2.45) is 0 Å². The number of rotatable bonds is 4. The summed E-state index contributed by atoms with van der Waals surface area (Å²) in [6.45, 7) is 1.72. The molecule has 1 rings (SSSR count). The Hall–Kier alpha value is -1.56. The zero-order chi connectivity index (χ0) is 11.4. The van der Waals surface area contributed by atoms with Crippen LogP contribution >= 0.6 is 11.8 Å². The van der Waals surface area contributed by atoms with E-state index in [1.165, 1.54) is 12.1 Å². The minimum absolute atomic E-state index is 0.0205. The highest BCUT2D eigenvalue weighted by Crippen LogP contribution is 2.25. The van der Waals surface area contributed by atoms with Gasteiger partial charge in [-0.15, -0.1) is 11.8 Å². The standard InChI is InChI=1S/C9H9NO4S/c1-6-4-7(10(13)14)2-3-8(6)15-5-9(11)12/h2-4H,5H2,1H3,(H,11,12). The third-order valence-corrected chi connectivity index (χ3v) is 2.88. The highest BCUT2D eigenvalue weighted by molar-refractivity contribution is 8.00. The van der Waals surface area contributed by atoms with Gasteiger partial charge in [0.05, 0.1) is 10.7 Å². The highest BCUT2D eigenvalue weighted by Gasteiger charge is 2.09. The number of benzene rings is 1. The molecule has 0 fully saturated rings. The molecule has 0 radical (unpaired) electrons. The zero-order valence-corrected chi connectivity index (χ0v) is 8.78. The number of nitro benzene ring substituents is 1. The fraction of sp³-hybridized carbons (Fsp3) is 0.222. The summed E-state index contributed by atoms with van der Waals surface area (Å²) in [5.41, 5.74) is 0.739. The number of nitro groups is 1. The van der Waals surface area contributed by atoms with Crippen LogP contribution < -0.4 is 0 Å². The topological polar surface area (TPSA) is 80.4 Å². The number of non-ortho nitro benzene ring substituents is 1. The molecule has 6 heteroatoms. The molecular formula is C9H9NO4S. The van der Waals surface area contributed by atoms with Crippen molar-refractivity contribution in [3.8, 4) is 0 Å². The van der Waals surface area contributed by atoms with Gasteiger partial charge in [0.15, 0.2) is 0 Å². The fourth-order valence-electron chi connectivity index (χ4n) is 1.05. The van der Waals surface area contributed by atoms with Crippen LogP contribution in [0.5, 0.6) is 0 Å². The number of thioether (sulfide) groups is 1. The monoisotopic (exact) mass is 227 g/mol. The van der Waals surface area contributed by atoms with E-state index in [9.17, 15) is 14.9 Å². The smallest absolute Gasteiger partial charge is 0.313 e. The van der Waals surface area contributed by atoms with Crippen molar-refractivity contribution >= 4 is 23.4 Å². The van der Waals surface area contributed by atoms with E-state index >= 15 is 0 Å². The van der Waals surface area contributed by atoms with Crippen molar-refractivity contribution in [3.63, 3.8) is 0 Å². The van der Waals surface area contributed by atoms with E-state index in [0.717, 1.165) is 22.2 Å². The van der Waals surface area contributed by atoms with Gasteiger partial charge >= 0.3 is 5.97 Å². The van der Waals surface area contributed by atoms with Gasteiger partial charge in [-0.05, 0) is 18.6 Å². The quantitative estimate of drug-likeness (QED) is 0.484. The molecule has 0 unspecified atom stereocenters. The van der Waals surface area contributed by atoms with Gasteiger partial charge in [-0.2, -0.15) is 0 Å². The SMILES string of the molecule is Cc1cc([N+](=O)[O-])ccc1SCC(=O)O. The lowest BCUT2D eigenvalue weighted by Gasteiger charge is -2.02. The van der Waals surface area contributed by atoms with Crippen LogP contribution in [0.3, 0.4) is 0 Å². The van der Waals surface area contributed by atoms with Crippen LogP contribution in [0.1, 0.15) is 5.56 Å². The van der Waals surface area contributed by atoms with Gasteiger partial charge in [-0.1, -0.05) is 0 Å². The van der Waals surface area contributed by atoms with E-state index in [4.69, 9.17) is 5.11 Å². The first-order chi connectivity index (χ1) is 7.00. The molecule has 0 heterocycles. The summed E-state index contributed by atoms with van der Waals surface area (Å²) in [5.74, 6) is -0.948. The lowest BCUT2D eigenvalue weighted by molar-refractivity contribution is -0.385. The molecule has 0 aliphatic rings. The van der Waals surface area contributed by atoms with E-state index < -0.39 is 10.9 Å². The molecule has 1 N–H and O–H groups in total. The van der Waals surface area contributed by atoms with Gasteiger partial charge in [-0.3, -0.25) is 14.9 Å². The number of aliphatic carboxylic acids is 1. The number of aryl methyl sites for hydroxylation is 1. The highest BCUT2D eigenvalue weighted by atomic mass is 32.2. The molecule has 0 bridgehead atoms. The maximum atomic E-state index is 10.4. The summed E-state index contributed by atoms with van der Waals surface area (Å²) in [7, 11) is 0. The fourth-order valence-corrected chi connectivity index (χ4v) is 1.78. The van der Waals surface area contributed by atoms with E-state index in [0.29, 0.717) is 0 Å². The van der Waals surface area contributed by atoms with Crippen LogP contribution in [0, 0.1) is 17.0 Å². The maximum absolute atomic E-state index is 10.4. The Morgan fingerprint density at radius 3 is 2.73 bits per heavy atom. The number of carbonyl (C=O) groups is 1. The van der Waals surface area contributed by atoms with Crippen molar-refractivity contribution in [2.75, 3.05) is 5.75 Å². The van der Waals surface area contributed by atoms with Crippen LogP contribution in [-0.4, -0.2) is 21.8 Å². The summed E-state index contributed by atoms with van der Waals surface area (Å²) in [4.78, 5) is 21.0. The lowest BCUT2D eigenvalue weighted by Crippen LogP contribution is -1.98. The number of hydrogen-bond acceptors (Lipinski definition) is 4. The summed E-state index contributed by atoms with van der Waals surface area (Å²) < 4.78 is 0. The van der Waals surface area contributed by atoms with Gasteiger partial charge in [0.1, 0.15) is 0 Å². The number of carboxylic acids is 1. The molecule has 0 amide bonds. The largest absolute Gasteiger partial charge is 0.481 e. The van der Waals surface area contributed by atoms with E-state index in [1.54, 1.807) is 13.0 Å². The zero-order valence-electron chi connectivity index (χ0n) is 7.97. The van der Waals surface area contributed by atoms with Gasteiger partial charge < -0.3 is 5.11 Å². The Morgan fingerprint density at radius 2 is 2.27 bits per heavy atom. The van der Waals surface area contributed by atoms with Gasteiger partial charge in [0.2, 0.25) is 0 Å². The normalized spacial score (nSPS) is 9.93. The second kappa shape index (κ2) is 4.79. The van der Waals surface area contributed by atoms with Crippen molar-refractivity contribution in [2.45, 2.75) is 11.8 Å². The van der Waals surface area contributed by atoms with Gasteiger partial charge in [0.25, 0.3) is 5.69 Å². The Kier molecular flexibility index (Phi) is 3.68. The Morgan fingerprint density at radius 1 is 1.60 bits per heavy atom. The molecule has 15 heavy (non-hydrogen) atoms. The van der Waals surface area contributed by atoms with Gasteiger partial charge in [0, 0.05) is 17.0 Å². The molecule has 0 saturated carbocycles. The Labute approximate surface area is 90.3 Å². The predicted molar refractivity (Wildman–Crippen MR) is 56.2 cm³/mol. The van der Waals surface area contributed by atoms with Crippen LogP contribution in [0.4, 0.5) is 5.69 Å². The molecule has 5 nitrogen and oxygen atoms in total. The third kappa shape index (κ3) is 3.25. The van der Waals surface area contributed by atoms with Gasteiger partial charge in [-0.25, -0.2) is 0 Å². The number of carboxylic acid groups (broad SMARTS) is 1. The molecule has 80 valence electrons. The molecule has 0 saturated heterocycles. The summed E-state index contributed by atoms with van der Waals surface area (Å²) >= 11 is 1.15. The third-order valence-electron chi connectivity index (χ3n) is 1.72. The molecule has 1 aromatic rings. The van der Waals surface area contributed by atoms with Crippen LogP contribution in [0.2, 0.25) is 0 Å². The number of nitrogens with zero attached hydrogens (tertiary/aromatic N) is 1. The van der Waals surface area contributed by atoms with Crippen molar-refractivity contribution in [1.29, 1.82) is 0 Å². The predicted octanol–water partition coefficient (Wildman–Crippen LogP) is 2.08. The Balaban J connectivity index is 2.83. The molecule has 1 aromatic carbocycles. The van der Waals surface area contributed by atoms with E-state index in [2.05, 4.69) is 0 Å². The number of hydrogen-bond donors (Lipinski definition) is 1. The first kappa shape index (κ1) is 11.5. The molecule has 0 aliphatic carbocycles. The first-order valence-corrected chi connectivity index (χ1v) is 5.09. The molecule has 0 aromatic heterocycles. The second-order valence-electron chi connectivity index (χ2n) is 2.89. The van der Waals surface area contributed by atoms with E-state index in [-0.39, 0.29) is 11.4 Å². The van der Waals surface area contributed by atoms with Crippen molar-refractivity contribution in [3.05, 3.63) is 33.9 Å².